The molecule has 7 nitrogen and oxygen atoms in total. The highest BCUT2D eigenvalue weighted by Gasteiger charge is 2.29. The first-order chi connectivity index (χ1) is 16.7. The predicted molar refractivity (Wildman–Crippen MR) is 125 cm³/mol. The van der Waals surface area contributed by atoms with Crippen molar-refractivity contribution in [1.82, 2.24) is 9.88 Å². The lowest BCUT2D eigenvalue weighted by Crippen LogP contribution is -2.40. The zero-order valence-corrected chi connectivity index (χ0v) is 18.8. The first kappa shape index (κ1) is 21.9. The number of carbonyl (C=O) groups is 2. The number of fused-ring (bicyclic) bond motifs is 1. The van der Waals surface area contributed by atoms with E-state index in [-0.39, 0.29) is 17.6 Å². The third kappa shape index (κ3) is 4.88. The molecule has 0 N–H and O–H groups in total. The summed E-state index contributed by atoms with van der Waals surface area (Å²) in [5.74, 6) is 1.87. The van der Waals surface area contributed by atoms with Crippen molar-refractivity contribution in [2.24, 2.45) is 5.92 Å². The maximum absolute atomic E-state index is 13.1. The van der Waals surface area contributed by atoms with Gasteiger partial charge in [-0.15, -0.1) is 0 Å². The van der Waals surface area contributed by atoms with Crippen LogP contribution in [0.1, 0.15) is 39.1 Å². The number of rotatable bonds is 6. The Bertz CT molecular complexity index is 1170. The Balaban J connectivity index is 1.18. The summed E-state index contributed by atoms with van der Waals surface area (Å²) in [6, 6.07) is 16.4. The molecule has 1 aromatic heterocycles. The van der Waals surface area contributed by atoms with E-state index in [0.717, 1.165) is 5.56 Å². The van der Waals surface area contributed by atoms with Gasteiger partial charge in [-0.2, -0.15) is 0 Å². The fraction of sp³-hybridized carbons (Fsp3) is 0.296. The van der Waals surface area contributed by atoms with Gasteiger partial charge < -0.3 is 19.1 Å². The highest BCUT2D eigenvalue weighted by atomic mass is 16.6. The number of aromatic nitrogens is 1. The smallest absolute Gasteiger partial charge is 0.253 e. The fourth-order valence-electron chi connectivity index (χ4n) is 4.33. The Morgan fingerprint density at radius 3 is 2.56 bits per heavy atom. The van der Waals surface area contributed by atoms with Gasteiger partial charge in [-0.25, -0.2) is 0 Å². The summed E-state index contributed by atoms with van der Waals surface area (Å²) in [5.41, 5.74) is 2.18. The van der Waals surface area contributed by atoms with Crippen LogP contribution in [0, 0.1) is 5.92 Å². The number of carbonyl (C=O) groups excluding carboxylic acids is 2. The molecule has 1 amide bonds. The molecule has 34 heavy (non-hydrogen) atoms. The Kier molecular flexibility index (Phi) is 6.42. The SMILES string of the molecule is O=C(c1ccc2c(c1)OCCO2)C1CCN(C(=O)c2cccc(OCc3cccnc3)c2)CC1. The van der Waals surface area contributed by atoms with E-state index in [1.54, 1.807) is 42.7 Å². The van der Waals surface area contributed by atoms with E-state index in [1.807, 2.05) is 29.2 Å². The second-order valence-corrected chi connectivity index (χ2v) is 8.47. The normalized spacial score (nSPS) is 15.6. The number of nitrogens with zero attached hydrogens (tertiary/aromatic N) is 2. The first-order valence-electron chi connectivity index (χ1n) is 11.5. The number of amides is 1. The number of benzene rings is 2. The Hall–Kier alpha value is -3.87. The molecular formula is C27H26N2O5. The van der Waals surface area contributed by atoms with Crippen molar-refractivity contribution in [2.75, 3.05) is 26.3 Å². The van der Waals surface area contributed by atoms with Gasteiger partial charge in [0.25, 0.3) is 5.91 Å². The summed E-state index contributed by atoms with van der Waals surface area (Å²) in [6.45, 7) is 2.48. The largest absolute Gasteiger partial charge is 0.489 e. The maximum atomic E-state index is 13.1. The molecule has 0 atom stereocenters. The van der Waals surface area contributed by atoms with Crippen LogP contribution in [0.3, 0.4) is 0 Å². The lowest BCUT2D eigenvalue weighted by atomic mass is 9.88. The zero-order valence-electron chi connectivity index (χ0n) is 18.8. The third-order valence-corrected chi connectivity index (χ3v) is 6.19. The number of pyridine rings is 1. The van der Waals surface area contributed by atoms with Gasteiger partial charge in [0, 0.05) is 48.1 Å². The second-order valence-electron chi connectivity index (χ2n) is 8.47. The van der Waals surface area contributed by atoms with Gasteiger partial charge in [0.15, 0.2) is 17.3 Å². The molecule has 2 aliphatic heterocycles. The average molecular weight is 459 g/mol. The number of hydrogen-bond donors (Lipinski definition) is 0. The topological polar surface area (TPSA) is 78.0 Å². The van der Waals surface area contributed by atoms with E-state index in [2.05, 4.69) is 4.98 Å². The molecule has 174 valence electrons. The lowest BCUT2D eigenvalue weighted by molar-refractivity contribution is 0.0650. The maximum Gasteiger partial charge on any atom is 0.253 e. The van der Waals surface area contributed by atoms with Crippen LogP contribution in [0.2, 0.25) is 0 Å². The quantitative estimate of drug-likeness (QED) is 0.516. The van der Waals surface area contributed by atoms with Crippen LogP contribution in [0.25, 0.3) is 0 Å². The van der Waals surface area contributed by atoms with Crippen LogP contribution in [0.5, 0.6) is 17.2 Å². The third-order valence-electron chi connectivity index (χ3n) is 6.19. The van der Waals surface area contributed by atoms with E-state index in [4.69, 9.17) is 14.2 Å². The highest BCUT2D eigenvalue weighted by molar-refractivity contribution is 5.99. The minimum absolute atomic E-state index is 0.0444. The van der Waals surface area contributed by atoms with Gasteiger partial charge in [0.05, 0.1) is 0 Å². The number of ether oxygens (including phenoxy) is 3. The molecule has 1 fully saturated rings. The molecular weight excluding hydrogens is 432 g/mol. The molecule has 7 heteroatoms. The van der Waals surface area contributed by atoms with Gasteiger partial charge in [0.2, 0.25) is 0 Å². The summed E-state index contributed by atoms with van der Waals surface area (Å²) in [7, 11) is 0. The van der Waals surface area contributed by atoms with Gasteiger partial charge >= 0.3 is 0 Å². The number of Topliss-reactive ketones (excluding diaryl/α,β-unsaturated/α-hetero) is 1. The summed E-state index contributed by atoms with van der Waals surface area (Å²) >= 11 is 0. The number of likely N-dealkylation sites (tertiary alicyclic amines) is 1. The molecule has 0 radical (unpaired) electrons. The molecule has 0 spiro atoms. The Labute approximate surface area is 198 Å². The van der Waals surface area contributed by atoms with Crippen LogP contribution < -0.4 is 14.2 Å². The lowest BCUT2D eigenvalue weighted by Gasteiger charge is -2.31. The van der Waals surface area contributed by atoms with E-state index in [9.17, 15) is 9.59 Å². The van der Waals surface area contributed by atoms with Crippen molar-refractivity contribution in [2.45, 2.75) is 19.4 Å². The van der Waals surface area contributed by atoms with Crippen LogP contribution in [0.4, 0.5) is 0 Å². The minimum Gasteiger partial charge on any atom is -0.489 e. The van der Waals surface area contributed by atoms with Crippen molar-refractivity contribution < 1.29 is 23.8 Å². The van der Waals surface area contributed by atoms with Gasteiger partial charge in [-0.05, 0) is 55.3 Å². The van der Waals surface area contributed by atoms with E-state index in [1.165, 1.54) is 0 Å². The van der Waals surface area contributed by atoms with Gasteiger partial charge in [0.1, 0.15) is 25.6 Å². The second kappa shape index (κ2) is 9.95. The van der Waals surface area contributed by atoms with E-state index >= 15 is 0 Å². The molecule has 1 saturated heterocycles. The van der Waals surface area contributed by atoms with Gasteiger partial charge in [-0.1, -0.05) is 12.1 Å². The Morgan fingerprint density at radius 2 is 1.76 bits per heavy atom. The average Bonchev–Trinajstić information content (AvgIpc) is 2.91. The molecule has 2 aliphatic rings. The van der Waals surface area contributed by atoms with Crippen LogP contribution in [-0.4, -0.2) is 47.9 Å². The molecule has 0 saturated carbocycles. The van der Waals surface area contributed by atoms with Crippen molar-refractivity contribution in [3.63, 3.8) is 0 Å². The predicted octanol–water partition coefficient (Wildman–Crippen LogP) is 4.17. The first-order valence-corrected chi connectivity index (χ1v) is 11.5. The summed E-state index contributed by atoms with van der Waals surface area (Å²) < 4.78 is 17.0. The minimum atomic E-state index is -0.110. The monoisotopic (exact) mass is 458 g/mol. The zero-order chi connectivity index (χ0) is 23.3. The van der Waals surface area contributed by atoms with Crippen molar-refractivity contribution in [1.29, 1.82) is 0 Å². The molecule has 3 heterocycles. The van der Waals surface area contributed by atoms with Crippen LogP contribution in [0.15, 0.2) is 67.0 Å². The summed E-state index contributed by atoms with van der Waals surface area (Å²) in [4.78, 5) is 32.0. The Morgan fingerprint density at radius 1 is 0.941 bits per heavy atom. The molecule has 5 rings (SSSR count). The molecule has 0 bridgehead atoms. The summed E-state index contributed by atoms with van der Waals surface area (Å²) in [6.07, 6.45) is 4.74. The highest BCUT2D eigenvalue weighted by Crippen LogP contribution is 2.32. The molecule has 3 aromatic rings. The molecule has 0 aliphatic carbocycles. The van der Waals surface area contributed by atoms with Gasteiger partial charge in [-0.3, -0.25) is 14.6 Å². The molecule has 2 aromatic carbocycles. The summed E-state index contributed by atoms with van der Waals surface area (Å²) in [5, 5.41) is 0. The number of hydrogen-bond acceptors (Lipinski definition) is 6. The standard InChI is InChI=1S/C27H26N2O5/c30-26(21-6-7-24-25(16-21)33-14-13-32-24)20-8-11-29(12-9-20)27(31)22-4-1-5-23(15-22)34-18-19-3-2-10-28-17-19/h1-7,10,15-17,20H,8-9,11-14,18H2. The van der Waals surface area contributed by atoms with Crippen LogP contribution >= 0.6 is 0 Å². The molecule has 0 unspecified atom stereocenters. The van der Waals surface area contributed by atoms with E-state index in [0.29, 0.717) is 74.1 Å². The number of ketones is 1. The van der Waals surface area contributed by atoms with Crippen molar-refractivity contribution >= 4 is 11.7 Å². The van der Waals surface area contributed by atoms with Crippen LogP contribution in [-0.2, 0) is 6.61 Å². The van der Waals surface area contributed by atoms with E-state index < -0.39 is 0 Å². The van der Waals surface area contributed by atoms with Crippen molar-refractivity contribution in [3.8, 4) is 17.2 Å². The number of piperidine rings is 1. The van der Waals surface area contributed by atoms with Crippen molar-refractivity contribution in [3.05, 3.63) is 83.7 Å². The fourth-order valence-corrected chi connectivity index (χ4v) is 4.33.